The molecule has 2 unspecified atom stereocenters. The van der Waals surface area contributed by atoms with Gasteiger partial charge in [0.2, 0.25) is 0 Å². The van der Waals surface area contributed by atoms with E-state index in [9.17, 15) is 0 Å². The van der Waals surface area contributed by atoms with E-state index in [-0.39, 0.29) is 0 Å². The summed E-state index contributed by atoms with van der Waals surface area (Å²) in [5.74, 6) is 0. The van der Waals surface area contributed by atoms with Crippen LogP contribution in [0.5, 0.6) is 0 Å². The van der Waals surface area contributed by atoms with Gasteiger partial charge in [-0.1, -0.05) is 0 Å². The molecule has 0 amide bonds. The Bertz CT molecular complexity index is 419. The van der Waals surface area contributed by atoms with Crippen LogP contribution in [0.2, 0.25) is 0 Å². The number of hydrogen-bond acceptors (Lipinski definition) is 3. The van der Waals surface area contributed by atoms with Crippen molar-refractivity contribution in [2.75, 3.05) is 11.9 Å². The fraction of sp³-hybridized carbons (Fsp3) is 0.667. The van der Waals surface area contributed by atoms with Crippen LogP contribution < -0.4 is 5.32 Å². The first-order valence-electron chi connectivity index (χ1n) is 7.09. The second-order valence-corrected chi connectivity index (χ2v) is 5.94. The number of anilines is 1. The predicted molar refractivity (Wildman–Crippen MR) is 74.9 cm³/mol. The number of aryl methyl sites for hydroxylation is 2. The molecule has 0 radical (unpaired) electrons. The third-order valence-electron chi connectivity index (χ3n) is 4.34. The van der Waals surface area contributed by atoms with Crippen molar-refractivity contribution >= 4 is 5.69 Å². The van der Waals surface area contributed by atoms with Gasteiger partial charge in [0, 0.05) is 30.9 Å². The molecule has 0 aromatic carbocycles. The van der Waals surface area contributed by atoms with Gasteiger partial charge in [0.1, 0.15) is 0 Å². The highest BCUT2D eigenvalue weighted by molar-refractivity contribution is 5.54. The molecule has 1 saturated carbocycles. The van der Waals surface area contributed by atoms with Crippen molar-refractivity contribution in [3.8, 4) is 0 Å². The van der Waals surface area contributed by atoms with Crippen LogP contribution >= 0.6 is 0 Å². The molecule has 3 nitrogen and oxygen atoms in total. The molecule has 1 saturated heterocycles. The summed E-state index contributed by atoms with van der Waals surface area (Å²) in [6, 6.07) is 4.28. The van der Waals surface area contributed by atoms with Gasteiger partial charge in [0.15, 0.2) is 0 Å². The summed E-state index contributed by atoms with van der Waals surface area (Å²) in [5, 5.41) is 3.72. The number of aromatic nitrogens is 1. The van der Waals surface area contributed by atoms with Gasteiger partial charge in [0.05, 0.1) is 11.4 Å². The fourth-order valence-corrected chi connectivity index (χ4v) is 3.19. The van der Waals surface area contributed by atoms with Crippen LogP contribution in [0.1, 0.15) is 37.4 Å². The summed E-state index contributed by atoms with van der Waals surface area (Å²) in [7, 11) is 0. The summed E-state index contributed by atoms with van der Waals surface area (Å²) in [5.41, 5.74) is 3.67. The van der Waals surface area contributed by atoms with Crippen molar-refractivity contribution in [2.45, 2.75) is 58.2 Å². The SMILES string of the molecule is Cc1ccnc(C)c1NC1CC(C)N(C2CC2)C1. The Balaban J connectivity index is 1.70. The van der Waals surface area contributed by atoms with Crippen LogP contribution in [0.4, 0.5) is 5.69 Å². The Morgan fingerprint density at radius 1 is 1.33 bits per heavy atom. The Morgan fingerprint density at radius 3 is 2.78 bits per heavy atom. The highest BCUT2D eigenvalue weighted by Gasteiger charge is 2.38. The molecule has 2 fully saturated rings. The zero-order chi connectivity index (χ0) is 12.7. The van der Waals surface area contributed by atoms with Crippen molar-refractivity contribution in [2.24, 2.45) is 0 Å². The minimum absolute atomic E-state index is 0.585. The van der Waals surface area contributed by atoms with Crippen molar-refractivity contribution in [3.63, 3.8) is 0 Å². The zero-order valence-electron chi connectivity index (χ0n) is 11.6. The maximum absolute atomic E-state index is 4.39. The van der Waals surface area contributed by atoms with Gasteiger partial charge in [-0.3, -0.25) is 9.88 Å². The molecule has 98 valence electrons. The summed E-state index contributed by atoms with van der Waals surface area (Å²) in [6.45, 7) is 7.81. The largest absolute Gasteiger partial charge is 0.379 e. The molecular formula is C15H23N3. The first-order chi connectivity index (χ1) is 8.65. The number of rotatable bonds is 3. The van der Waals surface area contributed by atoms with E-state index in [1.54, 1.807) is 0 Å². The van der Waals surface area contributed by atoms with Gasteiger partial charge in [-0.2, -0.15) is 0 Å². The minimum atomic E-state index is 0.585. The Hall–Kier alpha value is -1.09. The fourth-order valence-electron chi connectivity index (χ4n) is 3.19. The second-order valence-electron chi connectivity index (χ2n) is 5.94. The van der Waals surface area contributed by atoms with E-state index < -0.39 is 0 Å². The number of hydrogen-bond donors (Lipinski definition) is 1. The Labute approximate surface area is 110 Å². The third-order valence-corrected chi connectivity index (χ3v) is 4.34. The molecule has 2 heterocycles. The van der Waals surface area contributed by atoms with Gasteiger partial charge in [-0.15, -0.1) is 0 Å². The average molecular weight is 245 g/mol. The lowest BCUT2D eigenvalue weighted by Crippen LogP contribution is -2.31. The number of nitrogens with zero attached hydrogens (tertiary/aromatic N) is 2. The summed E-state index contributed by atoms with van der Waals surface area (Å²) >= 11 is 0. The van der Waals surface area contributed by atoms with Crippen molar-refractivity contribution in [1.82, 2.24) is 9.88 Å². The zero-order valence-corrected chi connectivity index (χ0v) is 11.6. The van der Waals surface area contributed by atoms with E-state index in [1.807, 2.05) is 6.20 Å². The van der Waals surface area contributed by atoms with E-state index in [0.29, 0.717) is 6.04 Å². The lowest BCUT2D eigenvalue weighted by Gasteiger charge is -2.20. The predicted octanol–water partition coefficient (Wildman–Crippen LogP) is 2.74. The van der Waals surface area contributed by atoms with Gasteiger partial charge >= 0.3 is 0 Å². The third kappa shape index (κ3) is 2.24. The van der Waals surface area contributed by atoms with E-state index in [4.69, 9.17) is 0 Å². The average Bonchev–Trinajstić information content (AvgIpc) is 3.09. The molecule has 0 spiro atoms. The van der Waals surface area contributed by atoms with E-state index in [0.717, 1.165) is 17.8 Å². The maximum Gasteiger partial charge on any atom is 0.0606 e. The van der Waals surface area contributed by atoms with Gasteiger partial charge in [0.25, 0.3) is 0 Å². The maximum atomic E-state index is 4.39. The molecule has 3 heteroatoms. The molecule has 0 bridgehead atoms. The summed E-state index contributed by atoms with van der Waals surface area (Å²) in [4.78, 5) is 7.07. The molecule has 3 rings (SSSR count). The molecule has 1 aliphatic carbocycles. The molecule has 2 atom stereocenters. The standard InChI is InChI=1S/C15H23N3/c1-10-6-7-16-12(3)15(10)17-13-8-11(2)18(9-13)14-4-5-14/h6-7,11,13-14,17H,4-5,8-9H2,1-3H3. The normalized spacial score (nSPS) is 28.6. The second kappa shape index (κ2) is 4.54. The van der Waals surface area contributed by atoms with Crippen LogP contribution in [0.15, 0.2) is 12.3 Å². The lowest BCUT2D eigenvalue weighted by atomic mass is 10.1. The van der Waals surface area contributed by atoms with Crippen LogP contribution in [0, 0.1) is 13.8 Å². The van der Waals surface area contributed by atoms with E-state index in [2.05, 4.69) is 42.0 Å². The molecule has 2 aliphatic rings. The van der Waals surface area contributed by atoms with E-state index >= 15 is 0 Å². The van der Waals surface area contributed by atoms with E-state index in [1.165, 1.54) is 37.1 Å². The first kappa shape index (κ1) is 12.0. The smallest absolute Gasteiger partial charge is 0.0606 e. The molecule has 1 aromatic rings. The highest BCUT2D eigenvalue weighted by atomic mass is 15.3. The van der Waals surface area contributed by atoms with Gasteiger partial charge in [-0.25, -0.2) is 0 Å². The van der Waals surface area contributed by atoms with Crippen molar-refractivity contribution in [3.05, 3.63) is 23.5 Å². The lowest BCUT2D eigenvalue weighted by molar-refractivity contribution is 0.257. The monoisotopic (exact) mass is 245 g/mol. The van der Waals surface area contributed by atoms with Crippen LogP contribution in [0.3, 0.4) is 0 Å². The van der Waals surface area contributed by atoms with Gasteiger partial charge < -0.3 is 5.32 Å². The topological polar surface area (TPSA) is 28.2 Å². The molecule has 1 N–H and O–H groups in total. The molecule has 1 aliphatic heterocycles. The Kier molecular flexibility index (Phi) is 3.02. The first-order valence-corrected chi connectivity index (χ1v) is 7.09. The van der Waals surface area contributed by atoms with Crippen LogP contribution in [0.25, 0.3) is 0 Å². The quantitative estimate of drug-likeness (QED) is 0.887. The van der Waals surface area contributed by atoms with Crippen molar-refractivity contribution in [1.29, 1.82) is 0 Å². The highest BCUT2D eigenvalue weighted by Crippen LogP contribution is 2.34. The van der Waals surface area contributed by atoms with Crippen LogP contribution in [-0.4, -0.2) is 34.6 Å². The molecule has 18 heavy (non-hydrogen) atoms. The number of pyridine rings is 1. The summed E-state index contributed by atoms with van der Waals surface area (Å²) in [6.07, 6.45) is 5.96. The van der Waals surface area contributed by atoms with Crippen molar-refractivity contribution < 1.29 is 0 Å². The van der Waals surface area contributed by atoms with Gasteiger partial charge in [-0.05, 0) is 51.7 Å². The minimum Gasteiger partial charge on any atom is -0.379 e. The molecule has 1 aromatic heterocycles. The number of nitrogens with one attached hydrogen (secondary N) is 1. The van der Waals surface area contributed by atoms with Crippen LogP contribution in [-0.2, 0) is 0 Å². The number of likely N-dealkylation sites (tertiary alicyclic amines) is 1. The molecular weight excluding hydrogens is 222 g/mol. The Morgan fingerprint density at radius 2 is 2.11 bits per heavy atom. The summed E-state index contributed by atoms with van der Waals surface area (Å²) < 4.78 is 0.